The minimum absolute atomic E-state index is 0.0131. The fourth-order valence-electron chi connectivity index (χ4n) is 3.40. The Bertz CT molecular complexity index is 1030. The molecule has 0 saturated heterocycles. The Morgan fingerprint density at radius 3 is 3.07 bits per heavy atom. The molecular weight excluding hydrogens is 392 g/mol. The van der Waals surface area contributed by atoms with Crippen molar-refractivity contribution < 1.29 is 4.79 Å². The zero-order valence-electron chi connectivity index (χ0n) is 15.5. The van der Waals surface area contributed by atoms with Crippen molar-refractivity contribution in [3.63, 3.8) is 0 Å². The Labute approximate surface area is 171 Å². The van der Waals surface area contributed by atoms with Crippen molar-refractivity contribution in [2.24, 2.45) is 0 Å². The van der Waals surface area contributed by atoms with Gasteiger partial charge in [0.1, 0.15) is 10.7 Å². The predicted molar refractivity (Wildman–Crippen MR) is 114 cm³/mol. The summed E-state index contributed by atoms with van der Waals surface area (Å²) in [5.41, 5.74) is 2.18. The van der Waals surface area contributed by atoms with Gasteiger partial charge in [0.15, 0.2) is 0 Å². The molecule has 2 N–H and O–H groups in total. The van der Waals surface area contributed by atoms with Gasteiger partial charge in [0.25, 0.3) is 5.56 Å². The van der Waals surface area contributed by atoms with Crippen LogP contribution in [0.4, 0.5) is 0 Å². The Kier molecular flexibility index (Phi) is 6.07. The number of aromatic nitrogens is 3. The Morgan fingerprint density at radius 1 is 1.32 bits per heavy atom. The van der Waals surface area contributed by atoms with Gasteiger partial charge in [-0.2, -0.15) is 11.8 Å². The molecule has 6 nitrogen and oxygen atoms in total. The molecule has 0 atom stereocenters. The first-order valence-corrected chi connectivity index (χ1v) is 11.4. The molecule has 0 fully saturated rings. The third kappa shape index (κ3) is 4.44. The quantitative estimate of drug-likeness (QED) is 0.580. The van der Waals surface area contributed by atoms with Gasteiger partial charge in [-0.3, -0.25) is 14.6 Å². The first-order chi connectivity index (χ1) is 13.7. The first-order valence-electron chi connectivity index (χ1n) is 9.47. The third-order valence-corrected chi connectivity index (χ3v) is 6.95. The molecule has 0 spiro atoms. The third-order valence-electron chi connectivity index (χ3n) is 4.80. The predicted octanol–water partition coefficient (Wildman–Crippen LogP) is 3.20. The summed E-state index contributed by atoms with van der Waals surface area (Å²) in [5.74, 6) is 1.99. The number of H-pyrrole nitrogens is 1. The fraction of sp³-hybridized carbons (Fsp3) is 0.400. The topological polar surface area (TPSA) is 87.7 Å². The summed E-state index contributed by atoms with van der Waals surface area (Å²) in [4.78, 5) is 38.3. The van der Waals surface area contributed by atoms with E-state index in [9.17, 15) is 9.59 Å². The van der Waals surface area contributed by atoms with E-state index in [4.69, 9.17) is 0 Å². The summed E-state index contributed by atoms with van der Waals surface area (Å²) in [6.07, 6.45) is 8.29. The Morgan fingerprint density at radius 2 is 2.21 bits per heavy atom. The molecule has 0 saturated carbocycles. The van der Waals surface area contributed by atoms with E-state index in [0.29, 0.717) is 30.3 Å². The SMILES string of the molecule is O=C(CCSCc1nc2sc3c(c2c(=O)[nH]1)CCCC3)NCc1cccnc1. The number of rotatable bonds is 7. The maximum atomic E-state index is 12.5. The number of aromatic amines is 1. The lowest BCUT2D eigenvalue weighted by atomic mass is 9.97. The molecule has 146 valence electrons. The highest BCUT2D eigenvalue weighted by molar-refractivity contribution is 7.98. The molecule has 3 aromatic rings. The summed E-state index contributed by atoms with van der Waals surface area (Å²) in [7, 11) is 0. The molecule has 28 heavy (non-hydrogen) atoms. The maximum absolute atomic E-state index is 12.5. The van der Waals surface area contributed by atoms with E-state index in [1.54, 1.807) is 35.5 Å². The van der Waals surface area contributed by atoms with Crippen LogP contribution in [0.1, 0.15) is 41.1 Å². The van der Waals surface area contributed by atoms with Crippen molar-refractivity contribution in [1.82, 2.24) is 20.3 Å². The number of hydrogen-bond acceptors (Lipinski definition) is 6. The van der Waals surface area contributed by atoms with Crippen molar-refractivity contribution in [3.8, 4) is 0 Å². The van der Waals surface area contributed by atoms with Crippen LogP contribution >= 0.6 is 23.1 Å². The van der Waals surface area contributed by atoms with Crippen LogP contribution in [0.3, 0.4) is 0 Å². The molecule has 3 aromatic heterocycles. The maximum Gasteiger partial charge on any atom is 0.259 e. The number of amides is 1. The van der Waals surface area contributed by atoms with Crippen molar-refractivity contribution in [2.45, 2.75) is 44.4 Å². The summed E-state index contributed by atoms with van der Waals surface area (Å²) in [5, 5.41) is 3.69. The average Bonchev–Trinajstić information content (AvgIpc) is 3.09. The lowest BCUT2D eigenvalue weighted by molar-refractivity contribution is -0.120. The van der Waals surface area contributed by atoms with Gasteiger partial charge in [0.05, 0.1) is 11.1 Å². The lowest BCUT2D eigenvalue weighted by Gasteiger charge is -2.09. The zero-order chi connectivity index (χ0) is 19.3. The summed E-state index contributed by atoms with van der Waals surface area (Å²) >= 11 is 3.27. The van der Waals surface area contributed by atoms with Gasteiger partial charge in [-0.05, 0) is 42.9 Å². The van der Waals surface area contributed by atoms with Gasteiger partial charge in [0, 0.05) is 36.0 Å². The zero-order valence-corrected chi connectivity index (χ0v) is 17.1. The van der Waals surface area contributed by atoms with Gasteiger partial charge >= 0.3 is 0 Å². The van der Waals surface area contributed by atoms with Crippen LogP contribution in [0.5, 0.6) is 0 Å². The van der Waals surface area contributed by atoms with E-state index in [2.05, 4.69) is 20.3 Å². The van der Waals surface area contributed by atoms with Gasteiger partial charge in [-0.1, -0.05) is 6.07 Å². The van der Waals surface area contributed by atoms with Crippen LogP contribution in [-0.4, -0.2) is 26.6 Å². The number of nitrogens with zero attached hydrogens (tertiary/aromatic N) is 2. The number of aryl methyl sites for hydroxylation is 2. The first kappa shape index (κ1) is 19.1. The minimum atomic E-state index is -0.0192. The van der Waals surface area contributed by atoms with Crippen LogP contribution in [0.2, 0.25) is 0 Å². The highest BCUT2D eigenvalue weighted by Gasteiger charge is 2.19. The van der Waals surface area contributed by atoms with Gasteiger partial charge in [-0.15, -0.1) is 11.3 Å². The van der Waals surface area contributed by atoms with Crippen LogP contribution in [-0.2, 0) is 29.9 Å². The van der Waals surface area contributed by atoms with E-state index in [0.717, 1.165) is 35.0 Å². The lowest BCUT2D eigenvalue weighted by Crippen LogP contribution is -2.23. The molecule has 0 aliphatic heterocycles. The van der Waals surface area contributed by atoms with Crippen LogP contribution < -0.4 is 10.9 Å². The Hall–Kier alpha value is -2.19. The molecule has 1 amide bonds. The number of carbonyl (C=O) groups excluding carboxylic acids is 1. The molecule has 4 rings (SSSR count). The standard InChI is InChI=1S/C20H22N4O2S2/c25-17(22-11-13-4-3-8-21-10-13)7-9-27-12-16-23-19(26)18-14-5-1-2-6-15(14)28-20(18)24-16/h3-4,8,10H,1-2,5-7,9,11-12H2,(H,22,25)(H,23,24,26). The van der Waals surface area contributed by atoms with E-state index in [1.807, 2.05) is 12.1 Å². The molecule has 1 aliphatic rings. The largest absolute Gasteiger partial charge is 0.352 e. The summed E-state index contributed by atoms with van der Waals surface area (Å²) in [6, 6.07) is 3.79. The molecule has 0 radical (unpaired) electrons. The second kappa shape index (κ2) is 8.87. The minimum Gasteiger partial charge on any atom is -0.352 e. The molecule has 3 heterocycles. The van der Waals surface area contributed by atoms with Crippen LogP contribution in [0, 0.1) is 0 Å². The summed E-state index contributed by atoms with van der Waals surface area (Å²) in [6.45, 7) is 0.492. The van der Waals surface area contributed by atoms with Gasteiger partial charge in [0.2, 0.25) is 5.91 Å². The van der Waals surface area contributed by atoms with Crippen molar-refractivity contribution >= 4 is 39.2 Å². The average molecular weight is 415 g/mol. The normalized spacial score (nSPS) is 13.4. The van der Waals surface area contributed by atoms with Crippen LogP contribution in [0.15, 0.2) is 29.3 Å². The monoisotopic (exact) mass is 414 g/mol. The molecule has 1 aliphatic carbocycles. The molecule has 0 aromatic carbocycles. The molecule has 0 bridgehead atoms. The van der Waals surface area contributed by atoms with E-state index < -0.39 is 0 Å². The number of thioether (sulfide) groups is 1. The molecular formula is C20H22N4O2S2. The van der Waals surface area contributed by atoms with E-state index in [-0.39, 0.29) is 11.5 Å². The summed E-state index contributed by atoms with van der Waals surface area (Å²) < 4.78 is 0. The van der Waals surface area contributed by atoms with Gasteiger partial charge in [-0.25, -0.2) is 4.98 Å². The number of fused-ring (bicyclic) bond motifs is 3. The highest BCUT2D eigenvalue weighted by atomic mass is 32.2. The fourth-order valence-corrected chi connectivity index (χ4v) is 5.49. The second-order valence-corrected chi connectivity index (χ2v) is 9.03. The number of carbonyl (C=O) groups is 1. The number of hydrogen-bond donors (Lipinski definition) is 2. The number of thiophene rings is 1. The van der Waals surface area contributed by atoms with Crippen molar-refractivity contribution in [3.05, 3.63) is 56.7 Å². The van der Waals surface area contributed by atoms with Gasteiger partial charge < -0.3 is 10.3 Å². The number of pyridine rings is 1. The second-order valence-electron chi connectivity index (χ2n) is 6.84. The van der Waals surface area contributed by atoms with Crippen LogP contribution in [0.25, 0.3) is 10.2 Å². The van der Waals surface area contributed by atoms with E-state index in [1.165, 1.54) is 16.9 Å². The van der Waals surface area contributed by atoms with E-state index >= 15 is 0 Å². The Balaban J connectivity index is 1.28. The number of nitrogens with one attached hydrogen (secondary N) is 2. The highest BCUT2D eigenvalue weighted by Crippen LogP contribution is 2.33. The van der Waals surface area contributed by atoms with Crippen molar-refractivity contribution in [1.29, 1.82) is 0 Å². The molecule has 0 unspecified atom stereocenters. The molecule has 8 heteroatoms. The smallest absolute Gasteiger partial charge is 0.259 e. The van der Waals surface area contributed by atoms with Crippen molar-refractivity contribution in [2.75, 3.05) is 5.75 Å².